The van der Waals surface area contributed by atoms with Crippen LogP contribution < -0.4 is 11.2 Å². The van der Waals surface area contributed by atoms with Crippen LogP contribution >= 0.6 is 11.3 Å². The van der Waals surface area contributed by atoms with Crippen LogP contribution in [0.4, 0.5) is 4.79 Å². The quantitative estimate of drug-likeness (QED) is 0.583. The number of primary amides is 1. The molecule has 4 N–H and O–H groups in total. The summed E-state index contributed by atoms with van der Waals surface area (Å²) in [6.45, 7) is 0. The number of rotatable bonds is 3. The van der Waals surface area contributed by atoms with Crippen LogP contribution in [0.2, 0.25) is 0 Å². The Hall–Kier alpha value is -2.34. The third-order valence-electron chi connectivity index (χ3n) is 2.18. The second-order valence-corrected chi connectivity index (χ2v) is 4.50. The first-order valence-corrected chi connectivity index (χ1v) is 5.95. The number of hydrogen-bond acceptors (Lipinski definition) is 4. The molecule has 6 heteroatoms. The predicted octanol–water partition coefficient (Wildman–Crippen LogP) is 2.12. The average Bonchev–Trinajstić information content (AvgIpc) is 2.72. The highest BCUT2D eigenvalue weighted by atomic mass is 32.1. The van der Waals surface area contributed by atoms with Crippen LogP contribution in [0.5, 0.6) is 5.06 Å². The van der Waals surface area contributed by atoms with Crippen molar-refractivity contribution in [3.63, 3.8) is 0 Å². The van der Waals surface area contributed by atoms with Gasteiger partial charge < -0.3 is 10.8 Å². The minimum atomic E-state index is -0.746. The minimum Gasteiger partial charge on any atom is -0.499 e. The summed E-state index contributed by atoms with van der Waals surface area (Å²) in [4.78, 5) is 11.4. The minimum absolute atomic E-state index is 0.142. The standard InChI is InChI=1S/C12H11N3O2S/c13-12(17)15-14-7-9-6-10(18-11(9)16)8-4-2-1-3-5-8/h1-7,16H,(H3,13,15,17)/b14-7+. The van der Waals surface area contributed by atoms with Crippen LogP contribution in [0.15, 0.2) is 41.5 Å². The van der Waals surface area contributed by atoms with Gasteiger partial charge in [-0.1, -0.05) is 41.7 Å². The van der Waals surface area contributed by atoms with Gasteiger partial charge in [0.05, 0.1) is 6.21 Å². The molecule has 18 heavy (non-hydrogen) atoms. The number of benzene rings is 1. The molecule has 0 aliphatic carbocycles. The third kappa shape index (κ3) is 2.86. The van der Waals surface area contributed by atoms with Crippen molar-refractivity contribution < 1.29 is 9.90 Å². The summed E-state index contributed by atoms with van der Waals surface area (Å²) in [5.41, 5.74) is 8.49. The number of carbonyl (C=O) groups excluding carboxylic acids is 1. The van der Waals surface area contributed by atoms with Crippen molar-refractivity contribution in [2.24, 2.45) is 10.8 Å². The Bertz CT molecular complexity index is 578. The molecule has 0 spiro atoms. The molecule has 1 heterocycles. The maximum Gasteiger partial charge on any atom is 0.332 e. The fourth-order valence-corrected chi connectivity index (χ4v) is 2.28. The summed E-state index contributed by atoms with van der Waals surface area (Å²) >= 11 is 1.25. The summed E-state index contributed by atoms with van der Waals surface area (Å²) in [7, 11) is 0. The third-order valence-corrected chi connectivity index (χ3v) is 3.18. The monoisotopic (exact) mass is 261 g/mol. The van der Waals surface area contributed by atoms with Gasteiger partial charge in [0.15, 0.2) is 5.06 Å². The van der Waals surface area contributed by atoms with Crippen molar-refractivity contribution in [3.8, 4) is 15.5 Å². The molecule has 0 saturated carbocycles. The van der Waals surface area contributed by atoms with Crippen LogP contribution in [0.3, 0.4) is 0 Å². The molecule has 2 rings (SSSR count). The molecule has 2 amide bonds. The molecule has 2 aromatic rings. The van der Waals surface area contributed by atoms with Crippen molar-refractivity contribution in [3.05, 3.63) is 42.0 Å². The van der Waals surface area contributed by atoms with Gasteiger partial charge in [-0.25, -0.2) is 10.2 Å². The molecule has 0 atom stereocenters. The first-order chi connectivity index (χ1) is 8.66. The lowest BCUT2D eigenvalue weighted by molar-refractivity contribution is 0.249. The van der Waals surface area contributed by atoms with E-state index in [9.17, 15) is 9.90 Å². The molecule has 0 unspecified atom stereocenters. The van der Waals surface area contributed by atoms with E-state index >= 15 is 0 Å². The van der Waals surface area contributed by atoms with Crippen LogP contribution in [-0.2, 0) is 0 Å². The van der Waals surface area contributed by atoms with Crippen LogP contribution in [0.25, 0.3) is 10.4 Å². The molecule has 5 nitrogen and oxygen atoms in total. The van der Waals surface area contributed by atoms with Crippen molar-refractivity contribution >= 4 is 23.6 Å². The number of carbonyl (C=O) groups is 1. The first kappa shape index (κ1) is 12.1. The van der Waals surface area contributed by atoms with Gasteiger partial charge in [-0.05, 0) is 11.6 Å². The second-order valence-electron chi connectivity index (χ2n) is 3.47. The van der Waals surface area contributed by atoms with E-state index in [1.165, 1.54) is 17.6 Å². The number of nitrogens with two attached hydrogens (primary N) is 1. The SMILES string of the molecule is NC(=O)N/N=C/c1cc(-c2ccccc2)sc1O. The number of hydrazone groups is 1. The highest BCUT2D eigenvalue weighted by Gasteiger charge is 2.07. The summed E-state index contributed by atoms with van der Waals surface area (Å²) in [6.07, 6.45) is 1.35. The fraction of sp³-hybridized carbons (Fsp3) is 0. The Morgan fingerprint density at radius 1 is 1.39 bits per heavy atom. The number of hydrogen-bond donors (Lipinski definition) is 3. The summed E-state index contributed by atoms with van der Waals surface area (Å²) in [5.74, 6) is 0. The van der Waals surface area contributed by atoms with Crippen molar-refractivity contribution in [2.75, 3.05) is 0 Å². The zero-order valence-electron chi connectivity index (χ0n) is 9.33. The van der Waals surface area contributed by atoms with Crippen molar-refractivity contribution in [1.29, 1.82) is 0 Å². The van der Waals surface area contributed by atoms with E-state index in [1.807, 2.05) is 30.3 Å². The smallest absolute Gasteiger partial charge is 0.332 e. The number of amides is 2. The van der Waals surface area contributed by atoms with Gasteiger partial charge in [0.1, 0.15) is 0 Å². The largest absolute Gasteiger partial charge is 0.499 e. The normalized spacial score (nSPS) is 10.7. The number of nitrogens with zero attached hydrogens (tertiary/aromatic N) is 1. The highest BCUT2D eigenvalue weighted by Crippen LogP contribution is 2.35. The maximum atomic E-state index is 10.4. The molecule has 1 aromatic heterocycles. The van der Waals surface area contributed by atoms with Crippen LogP contribution in [-0.4, -0.2) is 17.4 Å². The van der Waals surface area contributed by atoms with E-state index < -0.39 is 6.03 Å². The van der Waals surface area contributed by atoms with Gasteiger partial charge in [0, 0.05) is 10.4 Å². The molecule has 0 aliphatic rings. The van der Waals surface area contributed by atoms with Gasteiger partial charge in [-0.2, -0.15) is 5.10 Å². The van der Waals surface area contributed by atoms with E-state index in [1.54, 1.807) is 6.07 Å². The second kappa shape index (κ2) is 5.33. The van der Waals surface area contributed by atoms with Crippen LogP contribution in [0.1, 0.15) is 5.56 Å². The number of aromatic hydroxyl groups is 1. The van der Waals surface area contributed by atoms with Crippen molar-refractivity contribution in [1.82, 2.24) is 5.43 Å². The molecule has 0 saturated heterocycles. The Balaban J connectivity index is 2.22. The topological polar surface area (TPSA) is 87.7 Å². The van der Waals surface area contributed by atoms with Crippen molar-refractivity contribution in [2.45, 2.75) is 0 Å². The van der Waals surface area contributed by atoms with E-state index in [0.717, 1.165) is 10.4 Å². The Labute approximate surface area is 108 Å². The Morgan fingerprint density at radius 3 is 2.78 bits per heavy atom. The molecule has 0 fully saturated rings. The van der Waals surface area contributed by atoms with E-state index in [0.29, 0.717) is 5.56 Å². The van der Waals surface area contributed by atoms with Gasteiger partial charge >= 0.3 is 6.03 Å². The van der Waals surface area contributed by atoms with Gasteiger partial charge in [-0.15, -0.1) is 0 Å². The van der Waals surface area contributed by atoms with Gasteiger partial charge in [-0.3, -0.25) is 0 Å². The number of urea groups is 1. The number of nitrogens with one attached hydrogen (secondary N) is 1. The van der Waals surface area contributed by atoms with E-state index in [-0.39, 0.29) is 5.06 Å². The summed E-state index contributed by atoms with van der Waals surface area (Å²) in [5, 5.41) is 13.5. The van der Waals surface area contributed by atoms with E-state index in [2.05, 4.69) is 10.5 Å². The van der Waals surface area contributed by atoms with E-state index in [4.69, 9.17) is 5.73 Å². The molecular formula is C12H11N3O2S. The maximum absolute atomic E-state index is 10.4. The molecule has 0 aliphatic heterocycles. The lowest BCUT2D eigenvalue weighted by Gasteiger charge is -1.93. The lowest BCUT2D eigenvalue weighted by atomic mass is 10.2. The molecule has 0 radical (unpaired) electrons. The lowest BCUT2D eigenvalue weighted by Crippen LogP contribution is -2.24. The zero-order valence-corrected chi connectivity index (χ0v) is 10.1. The van der Waals surface area contributed by atoms with Gasteiger partial charge in [0.25, 0.3) is 0 Å². The van der Waals surface area contributed by atoms with Gasteiger partial charge in [0.2, 0.25) is 0 Å². The Morgan fingerprint density at radius 2 is 2.11 bits per heavy atom. The first-order valence-electron chi connectivity index (χ1n) is 5.13. The molecule has 0 bridgehead atoms. The molecular weight excluding hydrogens is 250 g/mol. The molecule has 92 valence electrons. The van der Waals surface area contributed by atoms with Crippen LogP contribution in [0, 0.1) is 0 Å². The zero-order chi connectivity index (χ0) is 13.0. The Kier molecular flexibility index (Phi) is 3.59. The average molecular weight is 261 g/mol. The summed E-state index contributed by atoms with van der Waals surface area (Å²) < 4.78 is 0. The predicted molar refractivity (Wildman–Crippen MR) is 71.7 cm³/mol. The fourth-order valence-electron chi connectivity index (χ4n) is 1.40. The highest BCUT2D eigenvalue weighted by molar-refractivity contribution is 7.17. The molecule has 1 aromatic carbocycles. The number of thiophene rings is 1. The summed E-state index contributed by atoms with van der Waals surface area (Å²) in [6, 6.07) is 10.7.